The van der Waals surface area contributed by atoms with E-state index in [-0.39, 0.29) is 0 Å². The van der Waals surface area contributed by atoms with Gasteiger partial charge in [0.25, 0.3) is 0 Å². The zero-order chi connectivity index (χ0) is 11.7. The summed E-state index contributed by atoms with van der Waals surface area (Å²) in [6.07, 6.45) is 0. The minimum Gasteiger partial charge on any atom is -0.385 e. The third kappa shape index (κ3) is 1.75. The van der Waals surface area contributed by atoms with Crippen LogP contribution in [0.1, 0.15) is 23.7 Å². The lowest BCUT2D eigenvalue weighted by molar-refractivity contribution is 1.15. The summed E-state index contributed by atoms with van der Waals surface area (Å²) in [7, 11) is 0. The number of fused-ring (bicyclic) bond motifs is 1. The molecule has 16 heavy (non-hydrogen) atoms. The van der Waals surface area contributed by atoms with Gasteiger partial charge in [-0.1, -0.05) is 11.6 Å². The number of hydrogen-bond donors (Lipinski definition) is 1. The van der Waals surface area contributed by atoms with Crippen molar-refractivity contribution in [2.45, 2.75) is 27.7 Å². The zero-order valence-corrected chi connectivity index (χ0v) is 10.4. The van der Waals surface area contributed by atoms with E-state index in [1.165, 1.54) is 22.2 Å². The fraction of sp³-hybridized carbons (Fsp3) is 0.357. The van der Waals surface area contributed by atoms with E-state index in [1.807, 2.05) is 0 Å². The van der Waals surface area contributed by atoms with Crippen LogP contribution in [0.3, 0.4) is 0 Å². The van der Waals surface area contributed by atoms with Gasteiger partial charge in [0, 0.05) is 23.3 Å². The standard InChI is InChI=1S/C14H18N2/c1-5-15-14-10(3)11(4)16-13-7-6-9(2)8-12(13)14/h6-8H,5H2,1-4H3,(H,15,16). The Balaban J connectivity index is 2.79. The van der Waals surface area contributed by atoms with E-state index in [2.05, 4.69) is 56.2 Å². The average molecular weight is 214 g/mol. The van der Waals surface area contributed by atoms with Crippen LogP contribution >= 0.6 is 0 Å². The van der Waals surface area contributed by atoms with Crippen molar-refractivity contribution in [3.63, 3.8) is 0 Å². The fourth-order valence-electron chi connectivity index (χ4n) is 2.00. The smallest absolute Gasteiger partial charge is 0.0726 e. The summed E-state index contributed by atoms with van der Waals surface area (Å²) in [6, 6.07) is 6.41. The van der Waals surface area contributed by atoms with Crippen molar-refractivity contribution in [3.8, 4) is 0 Å². The van der Waals surface area contributed by atoms with Crippen LogP contribution < -0.4 is 5.32 Å². The second-order valence-corrected chi connectivity index (χ2v) is 4.25. The first-order valence-corrected chi connectivity index (χ1v) is 5.75. The number of pyridine rings is 1. The van der Waals surface area contributed by atoms with Crippen molar-refractivity contribution in [3.05, 3.63) is 35.0 Å². The van der Waals surface area contributed by atoms with Gasteiger partial charge in [-0.3, -0.25) is 4.98 Å². The molecule has 2 heteroatoms. The Hall–Kier alpha value is -1.57. The van der Waals surface area contributed by atoms with Gasteiger partial charge in [-0.15, -0.1) is 0 Å². The van der Waals surface area contributed by atoms with E-state index in [4.69, 9.17) is 0 Å². The predicted molar refractivity (Wildman–Crippen MR) is 70.1 cm³/mol. The molecule has 0 unspecified atom stereocenters. The van der Waals surface area contributed by atoms with Crippen LogP contribution in [-0.4, -0.2) is 11.5 Å². The van der Waals surface area contributed by atoms with Crippen LogP contribution in [0.25, 0.3) is 10.9 Å². The normalized spacial score (nSPS) is 10.8. The molecule has 0 saturated carbocycles. The van der Waals surface area contributed by atoms with Crippen LogP contribution in [0.5, 0.6) is 0 Å². The van der Waals surface area contributed by atoms with Gasteiger partial charge in [0.2, 0.25) is 0 Å². The Morgan fingerprint density at radius 2 is 1.94 bits per heavy atom. The van der Waals surface area contributed by atoms with Crippen molar-refractivity contribution >= 4 is 16.6 Å². The summed E-state index contributed by atoms with van der Waals surface area (Å²) in [5.41, 5.74) is 5.93. The van der Waals surface area contributed by atoms with E-state index >= 15 is 0 Å². The van der Waals surface area contributed by atoms with E-state index in [0.717, 1.165) is 17.8 Å². The lowest BCUT2D eigenvalue weighted by atomic mass is 10.1. The second kappa shape index (κ2) is 4.12. The molecule has 0 amide bonds. The summed E-state index contributed by atoms with van der Waals surface area (Å²) in [5.74, 6) is 0. The van der Waals surface area contributed by atoms with Gasteiger partial charge in [-0.25, -0.2) is 0 Å². The lowest BCUT2D eigenvalue weighted by Gasteiger charge is -2.13. The van der Waals surface area contributed by atoms with E-state index in [9.17, 15) is 0 Å². The number of anilines is 1. The highest BCUT2D eigenvalue weighted by atomic mass is 14.9. The van der Waals surface area contributed by atoms with Gasteiger partial charge in [-0.2, -0.15) is 0 Å². The minimum absolute atomic E-state index is 0.938. The minimum atomic E-state index is 0.938. The molecule has 0 aliphatic rings. The van der Waals surface area contributed by atoms with Crippen molar-refractivity contribution in [2.75, 3.05) is 11.9 Å². The maximum atomic E-state index is 4.62. The number of benzene rings is 1. The van der Waals surface area contributed by atoms with Crippen LogP contribution in [0.2, 0.25) is 0 Å². The van der Waals surface area contributed by atoms with Gasteiger partial charge in [0.15, 0.2) is 0 Å². The summed E-state index contributed by atoms with van der Waals surface area (Å²) in [5, 5.41) is 4.67. The second-order valence-electron chi connectivity index (χ2n) is 4.25. The quantitative estimate of drug-likeness (QED) is 0.826. The molecule has 0 spiro atoms. The Morgan fingerprint density at radius 1 is 1.19 bits per heavy atom. The van der Waals surface area contributed by atoms with E-state index in [1.54, 1.807) is 0 Å². The number of aromatic nitrogens is 1. The molecule has 84 valence electrons. The molecule has 0 aliphatic carbocycles. The molecule has 1 N–H and O–H groups in total. The number of nitrogens with one attached hydrogen (secondary N) is 1. The third-order valence-electron chi connectivity index (χ3n) is 2.98. The number of nitrogens with zero attached hydrogens (tertiary/aromatic N) is 1. The Kier molecular flexibility index (Phi) is 2.82. The summed E-state index contributed by atoms with van der Waals surface area (Å²) >= 11 is 0. The van der Waals surface area contributed by atoms with Gasteiger partial charge in [0.05, 0.1) is 5.52 Å². The first-order valence-electron chi connectivity index (χ1n) is 5.75. The molecule has 0 saturated heterocycles. The first kappa shape index (κ1) is 10.9. The van der Waals surface area contributed by atoms with Crippen LogP contribution in [0.4, 0.5) is 5.69 Å². The highest BCUT2D eigenvalue weighted by Gasteiger charge is 2.08. The van der Waals surface area contributed by atoms with Crippen molar-refractivity contribution in [1.29, 1.82) is 0 Å². The maximum absolute atomic E-state index is 4.62. The highest BCUT2D eigenvalue weighted by Crippen LogP contribution is 2.28. The molecule has 1 aromatic heterocycles. The van der Waals surface area contributed by atoms with Crippen LogP contribution in [0.15, 0.2) is 18.2 Å². The summed E-state index contributed by atoms with van der Waals surface area (Å²) < 4.78 is 0. The molecule has 1 heterocycles. The Bertz CT molecular complexity index is 530. The van der Waals surface area contributed by atoms with Crippen molar-refractivity contribution in [2.24, 2.45) is 0 Å². The van der Waals surface area contributed by atoms with Crippen LogP contribution in [0, 0.1) is 20.8 Å². The first-order chi connectivity index (χ1) is 7.63. The number of rotatable bonds is 2. The Labute approximate surface area is 96.7 Å². The SMILES string of the molecule is CCNc1c(C)c(C)nc2ccc(C)cc12. The number of aryl methyl sites for hydroxylation is 2. The molecule has 1 aromatic carbocycles. The zero-order valence-electron chi connectivity index (χ0n) is 10.4. The summed E-state index contributed by atoms with van der Waals surface area (Å²) in [6.45, 7) is 9.37. The van der Waals surface area contributed by atoms with E-state index in [0.29, 0.717) is 0 Å². The van der Waals surface area contributed by atoms with Crippen LogP contribution in [-0.2, 0) is 0 Å². The molecule has 0 fully saturated rings. The maximum Gasteiger partial charge on any atom is 0.0726 e. The molecule has 2 rings (SSSR count). The average Bonchev–Trinajstić information content (AvgIpc) is 2.26. The predicted octanol–water partition coefficient (Wildman–Crippen LogP) is 3.59. The van der Waals surface area contributed by atoms with Gasteiger partial charge >= 0.3 is 0 Å². The van der Waals surface area contributed by atoms with Crippen molar-refractivity contribution < 1.29 is 0 Å². The molecular formula is C14H18N2. The molecule has 0 bridgehead atoms. The van der Waals surface area contributed by atoms with Crippen molar-refractivity contribution in [1.82, 2.24) is 4.98 Å². The monoisotopic (exact) mass is 214 g/mol. The largest absolute Gasteiger partial charge is 0.385 e. The molecule has 0 aliphatic heterocycles. The molecular weight excluding hydrogens is 196 g/mol. The highest BCUT2D eigenvalue weighted by molar-refractivity contribution is 5.93. The Morgan fingerprint density at radius 3 is 2.62 bits per heavy atom. The molecule has 2 aromatic rings. The van der Waals surface area contributed by atoms with Gasteiger partial charge < -0.3 is 5.32 Å². The molecule has 0 atom stereocenters. The topological polar surface area (TPSA) is 24.9 Å². The van der Waals surface area contributed by atoms with Gasteiger partial charge in [-0.05, 0) is 45.4 Å². The van der Waals surface area contributed by atoms with E-state index < -0.39 is 0 Å². The molecule has 0 radical (unpaired) electrons. The van der Waals surface area contributed by atoms with Gasteiger partial charge in [0.1, 0.15) is 0 Å². The number of hydrogen-bond acceptors (Lipinski definition) is 2. The molecule has 2 nitrogen and oxygen atoms in total. The third-order valence-corrected chi connectivity index (χ3v) is 2.98. The lowest BCUT2D eigenvalue weighted by Crippen LogP contribution is -2.03. The fourth-order valence-corrected chi connectivity index (χ4v) is 2.00. The summed E-state index contributed by atoms with van der Waals surface area (Å²) in [4.78, 5) is 4.62.